The summed E-state index contributed by atoms with van der Waals surface area (Å²) in [7, 11) is 0. The van der Waals surface area contributed by atoms with Crippen LogP contribution in [0.25, 0.3) is 0 Å². The van der Waals surface area contributed by atoms with Gasteiger partial charge in [0.25, 0.3) is 0 Å². The fraction of sp³-hybridized carbons (Fsp3) is 0.200. The minimum absolute atomic E-state index is 0.0456. The molecular formula is C15H13BrFIO. The van der Waals surface area contributed by atoms with Crippen molar-refractivity contribution in [3.63, 3.8) is 0 Å². The molecule has 0 aliphatic carbocycles. The molecular weight excluding hydrogens is 422 g/mol. The normalized spacial score (nSPS) is 12.4. The summed E-state index contributed by atoms with van der Waals surface area (Å²) >= 11 is 5.80. The van der Waals surface area contributed by atoms with Gasteiger partial charge in [0.1, 0.15) is 5.82 Å². The van der Waals surface area contributed by atoms with Gasteiger partial charge < -0.3 is 4.74 Å². The van der Waals surface area contributed by atoms with Crippen molar-refractivity contribution < 1.29 is 9.13 Å². The van der Waals surface area contributed by atoms with E-state index >= 15 is 0 Å². The second kappa shape index (κ2) is 7.36. The van der Waals surface area contributed by atoms with Crippen molar-refractivity contribution in [3.05, 3.63) is 69.9 Å². The number of hydrogen-bond acceptors (Lipinski definition) is 1. The zero-order valence-electron chi connectivity index (χ0n) is 10.2. The average molecular weight is 435 g/mol. The molecule has 0 aliphatic heterocycles. The molecule has 100 valence electrons. The Bertz CT molecular complexity index is 547. The minimum atomic E-state index is -0.221. The third kappa shape index (κ3) is 4.00. The smallest absolute Gasteiger partial charge is 0.128 e. The van der Waals surface area contributed by atoms with Crippen LogP contribution in [-0.2, 0) is 11.3 Å². The first-order valence-corrected chi connectivity index (χ1v) is 8.19. The SMILES string of the molecule is Fc1ccccc1COC(CI)c1ccccc1Br. The predicted octanol–water partition coefficient (Wildman–Crippen LogP) is 5.28. The van der Waals surface area contributed by atoms with Crippen molar-refractivity contribution in [2.45, 2.75) is 12.7 Å². The third-order valence-corrected chi connectivity index (χ3v) is 4.31. The van der Waals surface area contributed by atoms with E-state index in [4.69, 9.17) is 4.74 Å². The number of halogens is 3. The lowest BCUT2D eigenvalue weighted by atomic mass is 10.1. The van der Waals surface area contributed by atoms with Gasteiger partial charge in [-0.2, -0.15) is 0 Å². The minimum Gasteiger partial charge on any atom is -0.368 e. The Morgan fingerprint density at radius 2 is 1.79 bits per heavy atom. The van der Waals surface area contributed by atoms with E-state index in [-0.39, 0.29) is 18.5 Å². The Hall–Kier alpha value is -0.460. The lowest BCUT2D eigenvalue weighted by Gasteiger charge is -2.17. The molecule has 1 unspecified atom stereocenters. The summed E-state index contributed by atoms with van der Waals surface area (Å²) in [5, 5.41) is 0. The van der Waals surface area contributed by atoms with Crippen molar-refractivity contribution in [1.29, 1.82) is 0 Å². The molecule has 0 fully saturated rings. The number of ether oxygens (including phenoxy) is 1. The molecule has 0 saturated heterocycles. The van der Waals surface area contributed by atoms with Gasteiger partial charge in [0.2, 0.25) is 0 Å². The Balaban J connectivity index is 2.09. The summed E-state index contributed by atoms with van der Waals surface area (Å²) in [5.74, 6) is -0.221. The van der Waals surface area contributed by atoms with Crippen LogP contribution in [0.1, 0.15) is 17.2 Å². The lowest BCUT2D eigenvalue weighted by molar-refractivity contribution is 0.0555. The first-order chi connectivity index (χ1) is 9.22. The topological polar surface area (TPSA) is 9.23 Å². The molecule has 19 heavy (non-hydrogen) atoms. The van der Waals surface area contributed by atoms with Gasteiger partial charge in [0, 0.05) is 14.5 Å². The first-order valence-electron chi connectivity index (χ1n) is 5.87. The molecule has 0 spiro atoms. The summed E-state index contributed by atoms with van der Waals surface area (Å²) in [6.07, 6.45) is -0.0456. The van der Waals surface area contributed by atoms with Crippen LogP contribution in [0.15, 0.2) is 53.0 Å². The molecule has 1 nitrogen and oxygen atoms in total. The first kappa shape index (κ1) is 14.9. The highest BCUT2D eigenvalue weighted by atomic mass is 127. The van der Waals surface area contributed by atoms with Crippen LogP contribution in [0.2, 0.25) is 0 Å². The van der Waals surface area contributed by atoms with Crippen molar-refractivity contribution in [2.75, 3.05) is 4.43 Å². The van der Waals surface area contributed by atoms with Crippen molar-refractivity contribution in [1.82, 2.24) is 0 Å². The molecule has 0 bridgehead atoms. The molecule has 0 saturated carbocycles. The third-order valence-electron chi connectivity index (χ3n) is 2.79. The largest absolute Gasteiger partial charge is 0.368 e. The molecule has 2 aromatic rings. The maximum absolute atomic E-state index is 13.5. The zero-order valence-corrected chi connectivity index (χ0v) is 13.9. The molecule has 0 N–H and O–H groups in total. The Kier molecular flexibility index (Phi) is 5.78. The van der Waals surface area contributed by atoms with E-state index in [1.54, 1.807) is 12.1 Å². The summed E-state index contributed by atoms with van der Waals surface area (Å²) < 4.78 is 21.2. The number of alkyl halides is 1. The quantitative estimate of drug-likeness (QED) is 0.459. The van der Waals surface area contributed by atoms with Crippen molar-refractivity contribution >= 4 is 38.5 Å². The molecule has 2 rings (SSSR count). The van der Waals surface area contributed by atoms with Crippen LogP contribution in [0.5, 0.6) is 0 Å². The van der Waals surface area contributed by atoms with E-state index in [0.29, 0.717) is 5.56 Å². The summed E-state index contributed by atoms with van der Waals surface area (Å²) in [5.41, 5.74) is 1.68. The molecule has 0 aromatic heterocycles. The zero-order chi connectivity index (χ0) is 13.7. The van der Waals surface area contributed by atoms with Gasteiger partial charge >= 0.3 is 0 Å². The Morgan fingerprint density at radius 3 is 2.47 bits per heavy atom. The van der Waals surface area contributed by atoms with Crippen molar-refractivity contribution in [2.24, 2.45) is 0 Å². The average Bonchev–Trinajstić information content (AvgIpc) is 2.43. The monoisotopic (exact) mass is 434 g/mol. The highest BCUT2D eigenvalue weighted by Gasteiger charge is 2.14. The van der Waals surface area contributed by atoms with Gasteiger partial charge in [-0.05, 0) is 17.7 Å². The van der Waals surface area contributed by atoms with Crippen molar-refractivity contribution in [3.8, 4) is 0 Å². The van der Waals surface area contributed by atoms with Gasteiger partial charge in [-0.25, -0.2) is 4.39 Å². The highest BCUT2D eigenvalue weighted by Crippen LogP contribution is 2.28. The summed E-state index contributed by atoms with van der Waals surface area (Å²) in [4.78, 5) is 0. The summed E-state index contributed by atoms with van der Waals surface area (Å²) in [6, 6.07) is 14.7. The van der Waals surface area contributed by atoms with Crippen LogP contribution in [0, 0.1) is 5.82 Å². The Labute approximate surface area is 134 Å². The Morgan fingerprint density at radius 1 is 1.11 bits per heavy atom. The lowest BCUT2D eigenvalue weighted by Crippen LogP contribution is -2.07. The van der Waals surface area contributed by atoms with Crippen LogP contribution in [0.3, 0.4) is 0 Å². The van der Waals surface area contributed by atoms with E-state index in [0.717, 1.165) is 14.5 Å². The number of hydrogen-bond donors (Lipinski definition) is 0. The van der Waals surface area contributed by atoms with E-state index in [1.165, 1.54) is 6.07 Å². The maximum Gasteiger partial charge on any atom is 0.128 e. The van der Waals surface area contributed by atoms with Crippen LogP contribution in [-0.4, -0.2) is 4.43 Å². The molecule has 0 amide bonds. The number of rotatable bonds is 5. The fourth-order valence-corrected chi connectivity index (χ4v) is 3.03. The standard InChI is InChI=1S/C15H13BrFIO/c16-13-7-3-2-6-12(13)15(9-18)19-10-11-5-1-4-8-14(11)17/h1-8,15H,9-10H2. The molecule has 1 atom stereocenters. The van der Waals surface area contributed by atoms with E-state index in [1.807, 2.05) is 30.3 Å². The molecule has 2 aromatic carbocycles. The fourth-order valence-electron chi connectivity index (χ4n) is 1.76. The van der Waals surface area contributed by atoms with E-state index < -0.39 is 0 Å². The molecule has 0 radical (unpaired) electrons. The summed E-state index contributed by atoms with van der Waals surface area (Å²) in [6.45, 7) is 0.279. The predicted molar refractivity (Wildman–Crippen MR) is 87.0 cm³/mol. The highest BCUT2D eigenvalue weighted by molar-refractivity contribution is 14.1. The van der Waals surface area contributed by atoms with Gasteiger partial charge in [-0.15, -0.1) is 0 Å². The van der Waals surface area contributed by atoms with Gasteiger partial charge in [-0.3, -0.25) is 0 Å². The van der Waals surface area contributed by atoms with Crippen LogP contribution in [0.4, 0.5) is 4.39 Å². The second-order valence-electron chi connectivity index (χ2n) is 4.07. The molecule has 0 aliphatic rings. The van der Waals surface area contributed by atoms with Gasteiger partial charge in [0.05, 0.1) is 12.7 Å². The van der Waals surface area contributed by atoms with Crippen LogP contribution < -0.4 is 0 Å². The molecule has 4 heteroatoms. The van der Waals surface area contributed by atoms with Gasteiger partial charge in [0.15, 0.2) is 0 Å². The number of benzene rings is 2. The van der Waals surface area contributed by atoms with Gasteiger partial charge in [-0.1, -0.05) is 74.9 Å². The van der Waals surface area contributed by atoms with Crippen LogP contribution >= 0.6 is 38.5 Å². The second-order valence-corrected chi connectivity index (χ2v) is 5.80. The maximum atomic E-state index is 13.5. The van der Waals surface area contributed by atoms with E-state index in [9.17, 15) is 4.39 Å². The van der Waals surface area contributed by atoms with E-state index in [2.05, 4.69) is 38.5 Å². The molecule has 0 heterocycles.